The quantitative estimate of drug-likeness (QED) is 0.508. The standard InChI is InChI=1S/C15H16N2O2/c1-12(17-19-11-10-18)13-5-7-14(8-6-13)15-4-2-3-9-16-15/h2-9,18H,10-11H2,1H3/b17-12+. The fraction of sp³-hybridized carbons (Fsp3) is 0.200. The summed E-state index contributed by atoms with van der Waals surface area (Å²) < 4.78 is 0. The minimum absolute atomic E-state index is 0.0323. The molecule has 0 amide bonds. The minimum Gasteiger partial charge on any atom is -0.393 e. The van der Waals surface area contributed by atoms with Gasteiger partial charge in [-0.2, -0.15) is 0 Å². The monoisotopic (exact) mass is 256 g/mol. The van der Waals surface area contributed by atoms with Crippen molar-refractivity contribution < 1.29 is 9.94 Å². The first-order valence-corrected chi connectivity index (χ1v) is 6.10. The number of rotatable bonds is 5. The number of hydrogen-bond donors (Lipinski definition) is 1. The second kappa shape index (κ2) is 6.66. The van der Waals surface area contributed by atoms with Crippen LogP contribution in [-0.4, -0.2) is 29.0 Å². The predicted octanol–water partition coefficient (Wildman–Crippen LogP) is 2.48. The Morgan fingerprint density at radius 3 is 2.63 bits per heavy atom. The van der Waals surface area contributed by atoms with Crippen LogP contribution in [0.2, 0.25) is 0 Å². The Balaban J connectivity index is 2.12. The lowest BCUT2D eigenvalue weighted by Crippen LogP contribution is -1.99. The number of aliphatic hydroxyl groups is 1. The van der Waals surface area contributed by atoms with E-state index in [1.807, 2.05) is 49.4 Å². The van der Waals surface area contributed by atoms with Crippen LogP contribution in [0.25, 0.3) is 11.3 Å². The molecule has 0 aliphatic rings. The molecule has 1 N–H and O–H groups in total. The van der Waals surface area contributed by atoms with Crippen LogP contribution >= 0.6 is 0 Å². The Labute approximate surface area is 112 Å². The van der Waals surface area contributed by atoms with Crippen molar-refractivity contribution in [2.75, 3.05) is 13.2 Å². The molecule has 1 heterocycles. The summed E-state index contributed by atoms with van der Waals surface area (Å²) in [4.78, 5) is 9.24. The molecule has 0 bridgehead atoms. The fourth-order valence-electron chi connectivity index (χ4n) is 1.65. The zero-order valence-corrected chi connectivity index (χ0v) is 10.8. The van der Waals surface area contributed by atoms with Crippen LogP contribution in [-0.2, 0) is 4.84 Å². The van der Waals surface area contributed by atoms with Gasteiger partial charge >= 0.3 is 0 Å². The Kier molecular flexibility index (Phi) is 4.64. The Hall–Kier alpha value is -2.20. The van der Waals surface area contributed by atoms with Crippen LogP contribution in [0.1, 0.15) is 12.5 Å². The highest BCUT2D eigenvalue weighted by atomic mass is 16.6. The molecule has 4 nitrogen and oxygen atoms in total. The summed E-state index contributed by atoms with van der Waals surface area (Å²) in [5, 5.41) is 12.5. The zero-order chi connectivity index (χ0) is 13.5. The number of benzene rings is 1. The van der Waals surface area contributed by atoms with E-state index in [4.69, 9.17) is 9.94 Å². The molecule has 0 fully saturated rings. The fourth-order valence-corrected chi connectivity index (χ4v) is 1.65. The van der Waals surface area contributed by atoms with E-state index in [0.29, 0.717) is 0 Å². The van der Waals surface area contributed by atoms with E-state index < -0.39 is 0 Å². The van der Waals surface area contributed by atoms with Crippen molar-refractivity contribution in [3.05, 3.63) is 54.2 Å². The van der Waals surface area contributed by atoms with E-state index in [2.05, 4.69) is 10.1 Å². The zero-order valence-electron chi connectivity index (χ0n) is 10.8. The van der Waals surface area contributed by atoms with Crippen molar-refractivity contribution in [1.82, 2.24) is 4.98 Å². The second-order valence-corrected chi connectivity index (χ2v) is 4.03. The molecule has 1 aromatic heterocycles. The smallest absolute Gasteiger partial charge is 0.140 e. The van der Waals surface area contributed by atoms with E-state index in [1.165, 1.54) is 0 Å². The number of nitrogens with zero attached hydrogens (tertiary/aromatic N) is 2. The Morgan fingerprint density at radius 1 is 1.21 bits per heavy atom. The maximum absolute atomic E-state index is 8.61. The van der Waals surface area contributed by atoms with Gasteiger partial charge < -0.3 is 9.94 Å². The molecule has 0 saturated heterocycles. The SMILES string of the molecule is C/C(=N\OCCO)c1ccc(-c2ccccn2)cc1. The minimum atomic E-state index is -0.0323. The molecular weight excluding hydrogens is 240 g/mol. The highest BCUT2D eigenvalue weighted by Crippen LogP contribution is 2.17. The van der Waals surface area contributed by atoms with E-state index >= 15 is 0 Å². The molecule has 0 aliphatic heterocycles. The Morgan fingerprint density at radius 2 is 2.00 bits per heavy atom. The van der Waals surface area contributed by atoms with Gasteiger partial charge in [-0.3, -0.25) is 4.98 Å². The van der Waals surface area contributed by atoms with Crippen molar-refractivity contribution >= 4 is 5.71 Å². The van der Waals surface area contributed by atoms with Crippen LogP contribution in [0.4, 0.5) is 0 Å². The van der Waals surface area contributed by atoms with Crippen LogP contribution in [0.3, 0.4) is 0 Å². The van der Waals surface area contributed by atoms with Crippen LogP contribution < -0.4 is 0 Å². The van der Waals surface area contributed by atoms with Crippen molar-refractivity contribution in [3.63, 3.8) is 0 Å². The third-order valence-corrected chi connectivity index (χ3v) is 2.65. The summed E-state index contributed by atoms with van der Waals surface area (Å²) in [6.45, 7) is 2.05. The van der Waals surface area contributed by atoms with E-state index in [1.54, 1.807) is 6.20 Å². The lowest BCUT2D eigenvalue weighted by molar-refractivity contribution is 0.0986. The first-order valence-electron chi connectivity index (χ1n) is 6.10. The molecule has 98 valence electrons. The Bertz CT molecular complexity index is 536. The van der Waals surface area contributed by atoms with Gasteiger partial charge in [0, 0.05) is 11.8 Å². The molecule has 0 radical (unpaired) electrons. The first-order chi connectivity index (χ1) is 9.31. The van der Waals surface area contributed by atoms with Crippen molar-refractivity contribution in [2.45, 2.75) is 6.92 Å². The summed E-state index contributed by atoms with van der Waals surface area (Å²) in [6, 6.07) is 13.8. The maximum Gasteiger partial charge on any atom is 0.140 e. The number of aromatic nitrogens is 1. The van der Waals surface area contributed by atoms with Gasteiger partial charge in [-0.1, -0.05) is 35.5 Å². The lowest BCUT2D eigenvalue weighted by Gasteiger charge is -2.04. The highest BCUT2D eigenvalue weighted by molar-refractivity contribution is 5.98. The van der Waals surface area contributed by atoms with Crippen LogP contribution in [0, 0.1) is 0 Å². The lowest BCUT2D eigenvalue weighted by atomic mass is 10.1. The van der Waals surface area contributed by atoms with Gasteiger partial charge in [-0.25, -0.2) is 0 Å². The van der Waals surface area contributed by atoms with Crippen LogP contribution in [0.5, 0.6) is 0 Å². The molecule has 0 unspecified atom stereocenters. The van der Waals surface area contributed by atoms with Crippen LogP contribution in [0.15, 0.2) is 53.8 Å². The third kappa shape index (κ3) is 3.63. The van der Waals surface area contributed by atoms with Crippen molar-refractivity contribution in [3.8, 4) is 11.3 Å². The van der Waals surface area contributed by atoms with E-state index in [9.17, 15) is 0 Å². The summed E-state index contributed by atoms with van der Waals surface area (Å²) >= 11 is 0. The topological polar surface area (TPSA) is 54.7 Å². The molecule has 0 aliphatic carbocycles. The molecular formula is C15H16N2O2. The molecule has 2 rings (SSSR count). The predicted molar refractivity (Wildman–Crippen MR) is 74.9 cm³/mol. The number of pyridine rings is 1. The molecule has 1 aromatic carbocycles. The van der Waals surface area contributed by atoms with E-state index in [-0.39, 0.29) is 13.2 Å². The van der Waals surface area contributed by atoms with Gasteiger partial charge in [-0.15, -0.1) is 0 Å². The normalized spacial score (nSPS) is 11.4. The van der Waals surface area contributed by atoms with Gasteiger partial charge in [0.05, 0.1) is 18.0 Å². The molecule has 0 saturated carbocycles. The molecule has 0 spiro atoms. The van der Waals surface area contributed by atoms with Gasteiger partial charge in [-0.05, 0) is 24.6 Å². The summed E-state index contributed by atoms with van der Waals surface area (Å²) in [7, 11) is 0. The van der Waals surface area contributed by atoms with Crippen molar-refractivity contribution in [1.29, 1.82) is 0 Å². The number of hydrogen-bond acceptors (Lipinski definition) is 4. The first kappa shape index (κ1) is 13.2. The molecule has 4 heteroatoms. The van der Waals surface area contributed by atoms with Crippen molar-refractivity contribution in [2.24, 2.45) is 5.16 Å². The highest BCUT2D eigenvalue weighted by Gasteiger charge is 2.01. The molecule has 2 aromatic rings. The summed E-state index contributed by atoms with van der Waals surface area (Å²) in [6.07, 6.45) is 1.78. The summed E-state index contributed by atoms with van der Waals surface area (Å²) in [5.41, 5.74) is 3.77. The number of oxime groups is 1. The maximum atomic E-state index is 8.61. The molecule has 0 atom stereocenters. The van der Waals surface area contributed by atoms with Gasteiger partial charge in [0.1, 0.15) is 6.61 Å². The van der Waals surface area contributed by atoms with Gasteiger partial charge in [0.25, 0.3) is 0 Å². The van der Waals surface area contributed by atoms with E-state index in [0.717, 1.165) is 22.5 Å². The molecule has 19 heavy (non-hydrogen) atoms. The third-order valence-electron chi connectivity index (χ3n) is 2.65. The second-order valence-electron chi connectivity index (χ2n) is 4.03. The average Bonchev–Trinajstić information content (AvgIpc) is 2.48. The van der Waals surface area contributed by atoms with Gasteiger partial charge in [0.15, 0.2) is 0 Å². The largest absolute Gasteiger partial charge is 0.393 e. The summed E-state index contributed by atoms with van der Waals surface area (Å²) in [5.74, 6) is 0. The average molecular weight is 256 g/mol. The van der Waals surface area contributed by atoms with Gasteiger partial charge in [0.2, 0.25) is 0 Å². The number of aliphatic hydroxyl groups excluding tert-OH is 1.